The summed E-state index contributed by atoms with van der Waals surface area (Å²) in [4.78, 5) is 11.4. The van der Waals surface area contributed by atoms with Crippen LogP contribution in [0, 0.1) is 6.92 Å². The van der Waals surface area contributed by atoms with Gasteiger partial charge in [0.1, 0.15) is 5.82 Å². The van der Waals surface area contributed by atoms with E-state index in [-0.39, 0.29) is 0 Å². The molecule has 4 heteroatoms. The predicted octanol–water partition coefficient (Wildman–Crippen LogP) is 2.60. The number of hydrogen-bond donors (Lipinski definition) is 1. The molecule has 1 aliphatic rings. The number of nitrogens with zero attached hydrogens (tertiary/aromatic N) is 3. The second kappa shape index (κ2) is 5.84. The highest BCUT2D eigenvalue weighted by molar-refractivity contribution is 5.44. The number of aryl methyl sites for hydroxylation is 1. The minimum atomic E-state index is 0.756. The van der Waals surface area contributed by atoms with Gasteiger partial charge < -0.3 is 10.2 Å². The fraction of sp³-hybridized carbons (Fsp3) is 0.692. The van der Waals surface area contributed by atoms with Crippen molar-refractivity contribution in [2.24, 2.45) is 0 Å². The van der Waals surface area contributed by atoms with Crippen molar-refractivity contribution in [1.29, 1.82) is 0 Å². The Morgan fingerprint density at radius 1 is 1.18 bits per heavy atom. The molecule has 1 aliphatic heterocycles. The summed E-state index contributed by atoms with van der Waals surface area (Å²) in [5.74, 6) is 1.84. The molecule has 2 heterocycles. The van der Waals surface area contributed by atoms with Crippen LogP contribution in [0.5, 0.6) is 0 Å². The van der Waals surface area contributed by atoms with Crippen LogP contribution in [0.4, 0.5) is 11.8 Å². The van der Waals surface area contributed by atoms with Gasteiger partial charge in [0.25, 0.3) is 0 Å². The first-order chi connectivity index (χ1) is 8.29. The van der Waals surface area contributed by atoms with Crippen LogP contribution in [-0.2, 0) is 0 Å². The quantitative estimate of drug-likeness (QED) is 0.872. The Morgan fingerprint density at radius 3 is 2.53 bits per heavy atom. The summed E-state index contributed by atoms with van der Waals surface area (Å²) in [5.41, 5.74) is 1.04. The van der Waals surface area contributed by atoms with E-state index >= 15 is 0 Å². The first-order valence-electron chi connectivity index (χ1n) is 6.64. The zero-order valence-electron chi connectivity index (χ0n) is 10.9. The number of aromatic nitrogens is 2. The van der Waals surface area contributed by atoms with E-state index in [0.29, 0.717) is 0 Å². The smallest absolute Gasteiger partial charge is 0.224 e. The molecule has 0 atom stereocenters. The summed E-state index contributed by atoms with van der Waals surface area (Å²) in [6.45, 7) is 7.22. The molecule has 0 bridgehead atoms. The van der Waals surface area contributed by atoms with Crippen LogP contribution in [0.15, 0.2) is 6.07 Å². The molecule has 0 spiro atoms. The van der Waals surface area contributed by atoms with Crippen molar-refractivity contribution in [2.75, 3.05) is 29.9 Å². The lowest BCUT2D eigenvalue weighted by molar-refractivity contribution is 0.726. The van der Waals surface area contributed by atoms with Gasteiger partial charge in [-0.25, -0.2) is 4.98 Å². The lowest BCUT2D eigenvalue weighted by Crippen LogP contribution is -2.25. The standard InChI is InChI=1S/C13H22N4/c1-3-14-13-15-11(2)10-12(16-13)17-8-6-4-5-7-9-17/h10H,3-9H2,1-2H3,(H,14,15,16). The van der Waals surface area contributed by atoms with Gasteiger partial charge in [0, 0.05) is 31.4 Å². The zero-order valence-corrected chi connectivity index (χ0v) is 10.9. The third-order valence-electron chi connectivity index (χ3n) is 3.11. The van der Waals surface area contributed by atoms with Gasteiger partial charge in [-0.15, -0.1) is 0 Å². The van der Waals surface area contributed by atoms with E-state index in [2.05, 4.69) is 33.2 Å². The maximum absolute atomic E-state index is 4.59. The largest absolute Gasteiger partial charge is 0.356 e. The molecule has 0 radical (unpaired) electrons. The van der Waals surface area contributed by atoms with E-state index in [1.807, 2.05) is 6.92 Å². The summed E-state index contributed by atoms with van der Waals surface area (Å²) in [5, 5.41) is 3.19. The Kier molecular flexibility index (Phi) is 4.18. The Hall–Kier alpha value is -1.32. The van der Waals surface area contributed by atoms with Crippen molar-refractivity contribution in [2.45, 2.75) is 39.5 Å². The molecule has 0 unspecified atom stereocenters. The van der Waals surface area contributed by atoms with Crippen molar-refractivity contribution in [3.05, 3.63) is 11.8 Å². The Labute approximate surface area is 103 Å². The lowest BCUT2D eigenvalue weighted by atomic mass is 10.2. The highest BCUT2D eigenvalue weighted by Crippen LogP contribution is 2.19. The Bertz CT molecular complexity index is 356. The van der Waals surface area contributed by atoms with Crippen LogP contribution in [-0.4, -0.2) is 29.6 Å². The number of nitrogens with one attached hydrogen (secondary N) is 1. The number of anilines is 2. The summed E-state index contributed by atoms with van der Waals surface area (Å²) >= 11 is 0. The Balaban J connectivity index is 2.17. The molecule has 0 aliphatic carbocycles. The molecular formula is C13H22N4. The summed E-state index contributed by atoms with van der Waals surface area (Å²) in [7, 11) is 0. The first kappa shape index (κ1) is 12.1. The van der Waals surface area contributed by atoms with Crippen molar-refractivity contribution < 1.29 is 0 Å². The van der Waals surface area contributed by atoms with E-state index in [9.17, 15) is 0 Å². The van der Waals surface area contributed by atoms with E-state index in [4.69, 9.17) is 0 Å². The molecule has 4 nitrogen and oxygen atoms in total. The van der Waals surface area contributed by atoms with E-state index < -0.39 is 0 Å². The second-order valence-corrected chi connectivity index (χ2v) is 4.62. The minimum absolute atomic E-state index is 0.756. The van der Waals surface area contributed by atoms with E-state index in [1.54, 1.807) is 0 Å². The second-order valence-electron chi connectivity index (χ2n) is 4.62. The monoisotopic (exact) mass is 234 g/mol. The molecule has 0 amide bonds. The molecule has 1 saturated heterocycles. The maximum atomic E-state index is 4.59. The molecule has 0 saturated carbocycles. The van der Waals surface area contributed by atoms with Crippen molar-refractivity contribution >= 4 is 11.8 Å². The van der Waals surface area contributed by atoms with Gasteiger partial charge in [-0.05, 0) is 26.7 Å². The molecule has 2 rings (SSSR count). The van der Waals surface area contributed by atoms with Crippen LogP contribution in [0.1, 0.15) is 38.3 Å². The van der Waals surface area contributed by atoms with Gasteiger partial charge in [0.2, 0.25) is 5.95 Å². The predicted molar refractivity (Wildman–Crippen MR) is 71.6 cm³/mol. The first-order valence-corrected chi connectivity index (χ1v) is 6.64. The summed E-state index contributed by atoms with van der Waals surface area (Å²) in [6.07, 6.45) is 5.25. The van der Waals surface area contributed by atoms with Gasteiger partial charge in [-0.1, -0.05) is 12.8 Å². The number of rotatable bonds is 3. The summed E-state index contributed by atoms with van der Waals surface area (Å²) < 4.78 is 0. The third-order valence-corrected chi connectivity index (χ3v) is 3.11. The highest BCUT2D eigenvalue weighted by atomic mass is 15.2. The van der Waals surface area contributed by atoms with Crippen LogP contribution in [0.3, 0.4) is 0 Å². The highest BCUT2D eigenvalue weighted by Gasteiger charge is 2.12. The maximum Gasteiger partial charge on any atom is 0.224 e. The molecule has 0 aromatic carbocycles. The molecule has 1 fully saturated rings. The molecule has 1 aromatic rings. The van der Waals surface area contributed by atoms with Crippen molar-refractivity contribution in [3.63, 3.8) is 0 Å². The van der Waals surface area contributed by atoms with Crippen LogP contribution >= 0.6 is 0 Å². The SMILES string of the molecule is CCNc1nc(C)cc(N2CCCCCC2)n1. The molecule has 17 heavy (non-hydrogen) atoms. The van der Waals surface area contributed by atoms with Gasteiger partial charge in [-0.3, -0.25) is 0 Å². The normalized spacial score (nSPS) is 16.7. The van der Waals surface area contributed by atoms with Gasteiger partial charge >= 0.3 is 0 Å². The van der Waals surface area contributed by atoms with Crippen molar-refractivity contribution in [1.82, 2.24) is 9.97 Å². The minimum Gasteiger partial charge on any atom is -0.356 e. The average Bonchev–Trinajstić information content (AvgIpc) is 2.57. The zero-order chi connectivity index (χ0) is 12.1. The van der Waals surface area contributed by atoms with Crippen molar-refractivity contribution in [3.8, 4) is 0 Å². The van der Waals surface area contributed by atoms with Gasteiger partial charge in [0.05, 0.1) is 0 Å². The molecular weight excluding hydrogens is 212 g/mol. The van der Waals surface area contributed by atoms with Gasteiger partial charge in [0.15, 0.2) is 0 Å². The van der Waals surface area contributed by atoms with Gasteiger partial charge in [-0.2, -0.15) is 4.98 Å². The lowest BCUT2D eigenvalue weighted by Gasteiger charge is -2.22. The molecule has 1 N–H and O–H groups in total. The number of hydrogen-bond acceptors (Lipinski definition) is 4. The molecule has 1 aromatic heterocycles. The van der Waals surface area contributed by atoms with E-state index in [0.717, 1.165) is 37.1 Å². The van der Waals surface area contributed by atoms with E-state index in [1.165, 1.54) is 25.7 Å². The fourth-order valence-corrected chi connectivity index (χ4v) is 2.25. The van der Waals surface area contributed by atoms with Crippen LogP contribution in [0.25, 0.3) is 0 Å². The van der Waals surface area contributed by atoms with Crippen LogP contribution < -0.4 is 10.2 Å². The topological polar surface area (TPSA) is 41.1 Å². The summed E-state index contributed by atoms with van der Waals surface area (Å²) in [6, 6.07) is 2.09. The van der Waals surface area contributed by atoms with Crippen LogP contribution in [0.2, 0.25) is 0 Å². The molecule has 94 valence electrons. The fourth-order valence-electron chi connectivity index (χ4n) is 2.25. The average molecular weight is 234 g/mol. The Morgan fingerprint density at radius 2 is 1.88 bits per heavy atom. The third kappa shape index (κ3) is 3.32.